The lowest BCUT2D eigenvalue weighted by molar-refractivity contribution is 0.630. The molecule has 3 aromatic heterocycles. The third-order valence-electron chi connectivity index (χ3n) is 9.92. The summed E-state index contributed by atoms with van der Waals surface area (Å²) in [7, 11) is -1.68. The molecule has 0 aliphatic carbocycles. The van der Waals surface area contributed by atoms with Crippen LogP contribution in [0, 0.1) is 0 Å². The molecule has 0 saturated carbocycles. The molecule has 16 heteroatoms. The van der Waals surface area contributed by atoms with E-state index in [1.54, 1.807) is 33.6 Å². The quantitative estimate of drug-likeness (QED) is 0.159. The zero-order chi connectivity index (χ0) is 38.2. The van der Waals surface area contributed by atoms with Gasteiger partial charge >= 0.3 is 8.16 Å². The molecular weight excluding hydrogens is 854 g/mol. The fourth-order valence-corrected chi connectivity index (χ4v) is 10.1. The topological polar surface area (TPSA) is 90.9 Å². The van der Waals surface area contributed by atoms with Crippen LogP contribution in [0.15, 0.2) is 106 Å². The van der Waals surface area contributed by atoms with Crippen molar-refractivity contribution in [1.29, 1.82) is 0 Å². The molecule has 0 N–H and O–H groups in total. The summed E-state index contributed by atoms with van der Waals surface area (Å²) < 4.78 is 19.8. The number of aromatic nitrogens is 6. The molecule has 278 valence electrons. The highest BCUT2D eigenvalue weighted by molar-refractivity contribution is 7.39. The Balaban J connectivity index is 1.32. The van der Waals surface area contributed by atoms with Crippen LogP contribution in [0.5, 0.6) is 0 Å². The number of hydrogen-bond acceptors (Lipinski definition) is 7. The Kier molecular flexibility index (Phi) is 9.20. The Morgan fingerprint density at radius 2 is 0.946 bits per heavy atom. The predicted molar refractivity (Wildman–Crippen MR) is 229 cm³/mol. The van der Waals surface area contributed by atoms with Gasteiger partial charge in [-0.15, -0.1) is 10.2 Å². The molecular formula is C40H24Cl6N7O2P. The summed E-state index contributed by atoms with van der Waals surface area (Å²) in [5.74, 6) is 0. The van der Waals surface area contributed by atoms with Crippen LogP contribution in [0.2, 0.25) is 30.1 Å². The first-order valence-electron chi connectivity index (χ1n) is 17.4. The molecule has 0 bridgehead atoms. The molecule has 0 spiro atoms. The van der Waals surface area contributed by atoms with Gasteiger partial charge in [-0.3, -0.25) is 0 Å². The second kappa shape index (κ2) is 14.3. The van der Waals surface area contributed by atoms with Gasteiger partial charge < -0.3 is 8.39 Å². The number of halogens is 6. The first-order chi connectivity index (χ1) is 27.2. The van der Waals surface area contributed by atoms with Crippen molar-refractivity contribution in [3.8, 4) is 33.9 Å². The lowest BCUT2D eigenvalue weighted by atomic mass is 9.93. The van der Waals surface area contributed by atoms with Crippen molar-refractivity contribution in [2.45, 2.75) is 12.8 Å². The average molecular weight is 878 g/mol. The molecule has 0 amide bonds. The molecule has 1 fully saturated rings. The van der Waals surface area contributed by atoms with Crippen molar-refractivity contribution in [3.05, 3.63) is 127 Å². The lowest BCUT2D eigenvalue weighted by Gasteiger charge is -2.11. The van der Waals surface area contributed by atoms with Gasteiger partial charge in [0.2, 0.25) is 0 Å². The molecule has 9 nitrogen and oxygen atoms in total. The van der Waals surface area contributed by atoms with Gasteiger partial charge in [0.25, 0.3) is 0 Å². The third-order valence-corrected chi connectivity index (χ3v) is 13.5. The molecule has 6 aromatic carbocycles. The molecule has 1 aliphatic rings. The molecule has 0 unspecified atom stereocenters. The van der Waals surface area contributed by atoms with E-state index in [4.69, 9.17) is 78.0 Å². The average Bonchev–Trinajstić information content (AvgIpc) is 3.99. The minimum atomic E-state index is -1.68. The van der Waals surface area contributed by atoms with E-state index in [1.807, 2.05) is 36.7 Å². The van der Waals surface area contributed by atoms with Gasteiger partial charge in [-0.05, 0) is 70.8 Å². The first-order valence-corrected chi connectivity index (χ1v) is 20.8. The molecule has 56 heavy (non-hydrogen) atoms. The third kappa shape index (κ3) is 6.13. The standard InChI is InChI=1S/C40H24Cl6N7O2P/c41-27-15-31(45)35(17-29(27)43)52-19-33(47-49-52)25-13-21-7-1-3-9-23(21)37-38-24-10-4-2-8-22(24)14-26(40(38)55-56(54-39(25)37)51-11-5-6-12-51)34-20-53(50-48-34)36-18-30(44)28(42)16-32(36)46/h1-4,7-10,13-20H,5-6,11-12H2. The van der Waals surface area contributed by atoms with Crippen molar-refractivity contribution in [1.82, 2.24) is 30.0 Å². The van der Waals surface area contributed by atoms with Crippen molar-refractivity contribution < 1.29 is 8.39 Å². The maximum atomic E-state index is 7.19. The highest BCUT2D eigenvalue weighted by Gasteiger charge is 2.26. The number of nitrogens with zero attached hydrogens (tertiary/aromatic N) is 7. The molecule has 1 aliphatic heterocycles. The van der Waals surface area contributed by atoms with Crippen molar-refractivity contribution in [2.24, 2.45) is 0 Å². The largest absolute Gasteiger partial charge is 0.407 e. The summed E-state index contributed by atoms with van der Waals surface area (Å²) >= 11 is 38.6. The Labute approximate surface area is 349 Å². The number of fused-ring (bicyclic) bond motifs is 7. The van der Waals surface area contributed by atoms with E-state index >= 15 is 0 Å². The molecule has 10 rings (SSSR count). The summed E-state index contributed by atoms with van der Waals surface area (Å²) in [6, 6.07) is 27.1. The molecule has 9 aromatic rings. The predicted octanol–water partition coefficient (Wildman–Crippen LogP) is 13.7. The van der Waals surface area contributed by atoms with Crippen LogP contribution < -0.4 is 4.67 Å². The molecule has 0 radical (unpaired) electrons. The van der Waals surface area contributed by atoms with Gasteiger partial charge in [0.05, 0.1) is 53.9 Å². The fourth-order valence-electron chi connectivity index (χ4n) is 7.26. The van der Waals surface area contributed by atoms with E-state index < -0.39 is 8.16 Å². The van der Waals surface area contributed by atoms with E-state index in [0.717, 1.165) is 69.4 Å². The van der Waals surface area contributed by atoms with Gasteiger partial charge in [-0.1, -0.05) is 129 Å². The van der Waals surface area contributed by atoms with Crippen LogP contribution in [0.25, 0.3) is 77.4 Å². The second-order valence-electron chi connectivity index (χ2n) is 13.3. The van der Waals surface area contributed by atoms with E-state index in [-0.39, 0.29) is 0 Å². The number of rotatable bonds is 5. The Morgan fingerprint density at radius 3 is 1.41 bits per heavy atom. The zero-order valence-electron chi connectivity index (χ0n) is 28.7. The molecule has 4 heterocycles. The minimum absolute atomic E-state index is 0.343. The lowest BCUT2D eigenvalue weighted by Crippen LogP contribution is -2.12. The van der Waals surface area contributed by atoms with Crippen LogP contribution in [0.3, 0.4) is 0 Å². The summed E-state index contributed by atoms with van der Waals surface area (Å²) in [5, 5.41) is 26.0. The first kappa shape index (κ1) is 36.1. The maximum absolute atomic E-state index is 7.19. The van der Waals surface area contributed by atoms with Crippen molar-refractivity contribution in [2.75, 3.05) is 17.8 Å². The fraction of sp³-hybridized carbons (Fsp3) is 0.100. The monoisotopic (exact) mass is 875 g/mol. The summed E-state index contributed by atoms with van der Waals surface area (Å²) in [6.07, 6.45) is 5.67. The van der Waals surface area contributed by atoms with Gasteiger partial charge in [0, 0.05) is 35.0 Å². The van der Waals surface area contributed by atoms with E-state index in [0.29, 0.717) is 64.1 Å². The number of hydrogen-bond donors (Lipinski definition) is 0. The van der Waals surface area contributed by atoms with E-state index in [2.05, 4.69) is 61.7 Å². The van der Waals surface area contributed by atoms with Gasteiger partial charge in [-0.2, -0.15) is 0 Å². The van der Waals surface area contributed by atoms with Crippen LogP contribution >= 0.6 is 77.8 Å². The second-order valence-corrected chi connectivity index (χ2v) is 17.2. The number of benzene rings is 6. The summed E-state index contributed by atoms with van der Waals surface area (Å²) in [4.78, 5) is 0. The van der Waals surface area contributed by atoms with Crippen LogP contribution in [-0.4, -0.2) is 43.1 Å². The Morgan fingerprint density at radius 1 is 0.518 bits per heavy atom. The van der Waals surface area contributed by atoms with Crippen LogP contribution in [-0.2, 0) is 0 Å². The zero-order valence-corrected chi connectivity index (χ0v) is 34.2. The normalized spacial score (nSPS) is 13.5. The smallest absolute Gasteiger partial charge is 0.309 e. The van der Waals surface area contributed by atoms with Gasteiger partial charge in [0.15, 0.2) is 11.2 Å². The van der Waals surface area contributed by atoms with Crippen LogP contribution in [0.1, 0.15) is 12.8 Å². The molecule has 1 saturated heterocycles. The van der Waals surface area contributed by atoms with Crippen LogP contribution in [0.4, 0.5) is 0 Å². The van der Waals surface area contributed by atoms with Gasteiger partial charge in [-0.25, -0.2) is 14.0 Å². The molecule has 0 atom stereocenters. The highest BCUT2D eigenvalue weighted by Crippen LogP contribution is 2.48. The summed E-state index contributed by atoms with van der Waals surface area (Å²) in [5.41, 5.74) is 4.92. The summed E-state index contributed by atoms with van der Waals surface area (Å²) in [6.45, 7) is 1.64. The van der Waals surface area contributed by atoms with Crippen molar-refractivity contribution in [3.63, 3.8) is 0 Å². The minimum Gasteiger partial charge on any atom is -0.407 e. The highest BCUT2D eigenvalue weighted by atomic mass is 35.5. The van der Waals surface area contributed by atoms with Crippen molar-refractivity contribution >= 4 is 121 Å². The maximum Gasteiger partial charge on any atom is 0.309 e. The Bertz CT molecular complexity index is 2910. The van der Waals surface area contributed by atoms with E-state index in [1.165, 1.54) is 0 Å². The van der Waals surface area contributed by atoms with Gasteiger partial charge in [0.1, 0.15) is 11.4 Å². The SMILES string of the molecule is Clc1cc(Cl)c(-n2cc(-c3cc4ccccc4c4c3op(N3CCCC3)oc3c(-c5cn(-c6cc(Cl)c(Cl)cc6Cl)nn5)cc5ccccc5c34)nn2)cc1Cl. The Hall–Kier alpha value is -4.28. The van der Waals surface area contributed by atoms with E-state index in [9.17, 15) is 0 Å².